The number of aliphatic carboxylic acids is 1. The van der Waals surface area contributed by atoms with Crippen LogP contribution in [0.1, 0.15) is 60.5 Å². The van der Waals surface area contributed by atoms with Crippen LogP contribution in [0.4, 0.5) is 0 Å². The first-order chi connectivity index (χ1) is 11.5. The number of aryl methyl sites for hydroxylation is 2. The van der Waals surface area contributed by atoms with Gasteiger partial charge in [0, 0.05) is 24.1 Å². The normalized spacial score (nSPS) is 22.1. The zero-order valence-corrected chi connectivity index (χ0v) is 14.5. The third-order valence-corrected chi connectivity index (χ3v) is 5.57. The van der Waals surface area contributed by atoms with Gasteiger partial charge in [-0.15, -0.1) is 0 Å². The Morgan fingerprint density at radius 3 is 2.75 bits per heavy atom. The van der Waals surface area contributed by atoms with Crippen molar-refractivity contribution >= 4 is 11.8 Å². The molecule has 4 nitrogen and oxygen atoms in total. The van der Waals surface area contributed by atoms with Crippen molar-refractivity contribution in [2.75, 3.05) is 13.1 Å². The third kappa shape index (κ3) is 3.86. The van der Waals surface area contributed by atoms with Crippen LogP contribution in [0.2, 0.25) is 0 Å². The van der Waals surface area contributed by atoms with Crippen molar-refractivity contribution in [1.29, 1.82) is 0 Å². The van der Waals surface area contributed by atoms with Crippen molar-refractivity contribution in [2.45, 2.75) is 57.9 Å². The Morgan fingerprint density at radius 2 is 2.00 bits per heavy atom. The van der Waals surface area contributed by atoms with Crippen LogP contribution >= 0.6 is 0 Å². The first-order valence-electron chi connectivity index (χ1n) is 9.16. The Morgan fingerprint density at radius 1 is 1.21 bits per heavy atom. The highest BCUT2D eigenvalue weighted by Gasteiger charge is 2.29. The van der Waals surface area contributed by atoms with E-state index in [1.165, 1.54) is 17.5 Å². The van der Waals surface area contributed by atoms with Crippen molar-refractivity contribution in [1.82, 2.24) is 4.90 Å². The molecule has 130 valence electrons. The standard InChI is InChI=1S/C20H27NO3/c1-14-5-2-3-10-21(14)13-18(12-19(22)23)20(24)17-9-8-15-6-4-7-16(15)11-17/h8-9,11,14,18H,2-7,10,12-13H2,1H3,(H,22,23). The summed E-state index contributed by atoms with van der Waals surface area (Å²) in [5.41, 5.74) is 3.29. The molecule has 0 bridgehead atoms. The molecule has 0 spiro atoms. The van der Waals surface area contributed by atoms with Gasteiger partial charge in [0.1, 0.15) is 0 Å². The summed E-state index contributed by atoms with van der Waals surface area (Å²) >= 11 is 0. The summed E-state index contributed by atoms with van der Waals surface area (Å²) in [4.78, 5) is 26.5. The summed E-state index contributed by atoms with van der Waals surface area (Å²) in [5, 5.41) is 9.26. The van der Waals surface area contributed by atoms with Crippen LogP contribution in [-0.2, 0) is 17.6 Å². The summed E-state index contributed by atoms with van der Waals surface area (Å²) < 4.78 is 0. The number of carboxylic acid groups (broad SMARTS) is 1. The van der Waals surface area contributed by atoms with E-state index in [0.29, 0.717) is 18.2 Å². The molecule has 0 saturated carbocycles. The predicted octanol–water partition coefficient (Wildman–Crippen LogP) is 3.32. The Labute approximate surface area is 143 Å². The van der Waals surface area contributed by atoms with E-state index in [-0.39, 0.29) is 12.2 Å². The highest BCUT2D eigenvalue weighted by atomic mass is 16.4. The van der Waals surface area contributed by atoms with E-state index in [1.807, 2.05) is 12.1 Å². The van der Waals surface area contributed by atoms with Crippen molar-refractivity contribution in [3.8, 4) is 0 Å². The number of fused-ring (bicyclic) bond motifs is 1. The van der Waals surface area contributed by atoms with Gasteiger partial charge in [-0.25, -0.2) is 0 Å². The molecule has 0 aromatic heterocycles. The number of carboxylic acids is 1. The average molecular weight is 329 g/mol. The second-order valence-corrected chi connectivity index (χ2v) is 7.34. The quantitative estimate of drug-likeness (QED) is 0.813. The van der Waals surface area contributed by atoms with Crippen molar-refractivity contribution in [2.24, 2.45) is 5.92 Å². The lowest BCUT2D eigenvalue weighted by molar-refractivity contribution is -0.138. The molecule has 4 heteroatoms. The molecule has 1 aliphatic heterocycles. The molecule has 1 aromatic carbocycles. The lowest BCUT2D eigenvalue weighted by Gasteiger charge is -2.35. The molecule has 2 aliphatic rings. The first-order valence-corrected chi connectivity index (χ1v) is 9.16. The molecule has 2 unspecified atom stereocenters. The number of likely N-dealkylation sites (tertiary alicyclic amines) is 1. The zero-order valence-electron chi connectivity index (χ0n) is 14.5. The van der Waals surface area contributed by atoms with Gasteiger partial charge in [-0.2, -0.15) is 0 Å². The molecule has 1 saturated heterocycles. The van der Waals surface area contributed by atoms with Gasteiger partial charge in [0.05, 0.1) is 6.42 Å². The Hall–Kier alpha value is -1.68. The molecule has 1 heterocycles. The number of nitrogens with zero attached hydrogens (tertiary/aromatic N) is 1. The minimum atomic E-state index is -0.890. The Bertz CT molecular complexity index is 625. The minimum absolute atomic E-state index is 0.00938. The van der Waals surface area contributed by atoms with Gasteiger partial charge in [0.25, 0.3) is 0 Å². The van der Waals surface area contributed by atoms with Gasteiger partial charge >= 0.3 is 5.97 Å². The molecule has 2 atom stereocenters. The smallest absolute Gasteiger partial charge is 0.304 e. The molecule has 1 aliphatic carbocycles. The van der Waals surface area contributed by atoms with E-state index in [0.717, 1.165) is 38.6 Å². The van der Waals surface area contributed by atoms with E-state index < -0.39 is 11.9 Å². The average Bonchev–Trinajstić information content (AvgIpc) is 3.02. The van der Waals surface area contributed by atoms with Crippen LogP contribution in [0.5, 0.6) is 0 Å². The molecule has 0 radical (unpaired) electrons. The maximum Gasteiger partial charge on any atom is 0.304 e. The zero-order chi connectivity index (χ0) is 17.1. The minimum Gasteiger partial charge on any atom is -0.481 e. The van der Waals surface area contributed by atoms with E-state index in [1.54, 1.807) is 0 Å². The van der Waals surface area contributed by atoms with Gasteiger partial charge in [-0.3, -0.25) is 14.5 Å². The van der Waals surface area contributed by atoms with E-state index >= 15 is 0 Å². The number of rotatable bonds is 6. The molecule has 1 aromatic rings. The van der Waals surface area contributed by atoms with E-state index in [9.17, 15) is 14.7 Å². The number of carbonyl (C=O) groups excluding carboxylic acids is 1. The van der Waals surface area contributed by atoms with Crippen molar-refractivity contribution in [3.05, 3.63) is 34.9 Å². The summed E-state index contributed by atoms with van der Waals surface area (Å²) in [6, 6.07) is 6.37. The monoisotopic (exact) mass is 329 g/mol. The topological polar surface area (TPSA) is 57.6 Å². The second kappa shape index (κ2) is 7.47. The molecule has 0 amide bonds. The number of hydrogen-bond donors (Lipinski definition) is 1. The van der Waals surface area contributed by atoms with Crippen LogP contribution in [0, 0.1) is 5.92 Å². The van der Waals surface area contributed by atoms with Gasteiger partial charge in [-0.05, 0) is 62.8 Å². The lowest BCUT2D eigenvalue weighted by Crippen LogP contribution is -2.42. The maximum atomic E-state index is 13.0. The summed E-state index contributed by atoms with van der Waals surface area (Å²) in [7, 11) is 0. The van der Waals surface area contributed by atoms with Crippen LogP contribution < -0.4 is 0 Å². The van der Waals surface area contributed by atoms with E-state index in [2.05, 4.69) is 17.9 Å². The van der Waals surface area contributed by atoms with Crippen LogP contribution in [0.25, 0.3) is 0 Å². The second-order valence-electron chi connectivity index (χ2n) is 7.34. The molecule has 1 N–H and O–H groups in total. The molecule has 3 rings (SSSR count). The fourth-order valence-electron chi connectivity index (χ4n) is 4.12. The van der Waals surface area contributed by atoms with Crippen LogP contribution in [-0.4, -0.2) is 40.9 Å². The number of benzene rings is 1. The Balaban J connectivity index is 1.77. The lowest BCUT2D eigenvalue weighted by atomic mass is 9.91. The SMILES string of the molecule is CC1CCCCN1CC(CC(=O)O)C(=O)c1ccc2c(c1)CCC2. The first kappa shape index (κ1) is 17.2. The van der Waals surface area contributed by atoms with Gasteiger partial charge < -0.3 is 5.11 Å². The fourth-order valence-corrected chi connectivity index (χ4v) is 4.12. The number of ketones is 1. The number of carbonyl (C=O) groups is 2. The van der Waals surface area contributed by atoms with Gasteiger partial charge in [0.2, 0.25) is 0 Å². The van der Waals surface area contributed by atoms with Crippen molar-refractivity contribution < 1.29 is 14.7 Å². The fraction of sp³-hybridized carbons (Fsp3) is 0.600. The number of Topliss-reactive ketones (excluding diaryl/α,β-unsaturated/α-hetero) is 1. The maximum absolute atomic E-state index is 13.0. The van der Waals surface area contributed by atoms with Gasteiger partial charge in [0.15, 0.2) is 5.78 Å². The third-order valence-electron chi connectivity index (χ3n) is 5.57. The summed E-state index contributed by atoms with van der Waals surface area (Å²) in [5.74, 6) is -1.36. The molecule has 1 fully saturated rings. The highest BCUT2D eigenvalue weighted by molar-refractivity contribution is 5.99. The molecular formula is C20H27NO3. The van der Waals surface area contributed by atoms with Gasteiger partial charge in [-0.1, -0.05) is 18.6 Å². The molecule has 24 heavy (non-hydrogen) atoms. The number of hydrogen-bond acceptors (Lipinski definition) is 3. The largest absolute Gasteiger partial charge is 0.481 e. The summed E-state index contributed by atoms with van der Waals surface area (Å²) in [6.07, 6.45) is 6.68. The number of piperidine rings is 1. The molecular weight excluding hydrogens is 302 g/mol. The summed E-state index contributed by atoms with van der Waals surface area (Å²) in [6.45, 7) is 3.70. The Kier molecular flexibility index (Phi) is 5.34. The van der Waals surface area contributed by atoms with Crippen molar-refractivity contribution in [3.63, 3.8) is 0 Å². The van der Waals surface area contributed by atoms with Crippen LogP contribution in [0.3, 0.4) is 0 Å². The van der Waals surface area contributed by atoms with Crippen LogP contribution in [0.15, 0.2) is 18.2 Å². The highest BCUT2D eigenvalue weighted by Crippen LogP contribution is 2.26. The van der Waals surface area contributed by atoms with E-state index in [4.69, 9.17) is 0 Å². The predicted molar refractivity (Wildman–Crippen MR) is 93.4 cm³/mol.